The van der Waals surface area contributed by atoms with Crippen LogP contribution in [0, 0.1) is 0 Å². The van der Waals surface area contributed by atoms with Gasteiger partial charge in [0.15, 0.2) is 0 Å². The molecule has 1 saturated heterocycles. The number of hydrogen-bond acceptors (Lipinski definition) is 5. The van der Waals surface area contributed by atoms with E-state index in [9.17, 15) is 9.59 Å². The van der Waals surface area contributed by atoms with Crippen molar-refractivity contribution < 1.29 is 4.79 Å². The molecule has 0 spiro atoms. The lowest BCUT2D eigenvalue weighted by molar-refractivity contribution is -0.120. The van der Waals surface area contributed by atoms with Gasteiger partial charge in [-0.25, -0.2) is 4.45 Å². The zero-order valence-electron chi connectivity index (χ0n) is 10.1. The van der Waals surface area contributed by atoms with Gasteiger partial charge in [-0.05, 0) is 28.3 Å². The van der Waals surface area contributed by atoms with Crippen LogP contribution in [0.15, 0.2) is 11.0 Å². The fourth-order valence-corrected chi connectivity index (χ4v) is 3.19. The molecule has 10 heteroatoms. The van der Waals surface area contributed by atoms with E-state index in [1.165, 1.54) is 10.6 Å². The zero-order valence-corrected chi connectivity index (χ0v) is 14.9. The summed E-state index contributed by atoms with van der Waals surface area (Å²) in [4.78, 5) is 24.8. The largest absolute Gasteiger partial charge is 0.358 e. The Morgan fingerprint density at radius 3 is 2.79 bits per heavy atom. The van der Waals surface area contributed by atoms with Gasteiger partial charge in [0, 0.05) is 13.1 Å². The molecule has 0 bridgehead atoms. The molecule has 106 valence electrons. The third kappa shape index (κ3) is 4.21. The molecule has 0 aliphatic carbocycles. The lowest BCUT2D eigenvalue weighted by Gasteiger charge is -2.28. The van der Waals surface area contributed by atoms with Crippen molar-refractivity contribution in [3.05, 3.63) is 21.6 Å². The van der Waals surface area contributed by atoms with Crippen LogP contribution < -0.4 is 15.8 Å². The van der Waals surface area contributed by atoms with E-state index in [1.807, 2.05) is 0 Å². The molecule has 1 amide bonds. The highest BCUT2D eigenvalue weighted by Crippen LogP contribution is 2.25. The smallest absolute Gasteiger partial charge is 0.291 e. The molecule has 1 aromatic heterocycles. The van der Waals surface area contributed by atoms with Crippen LogP contribution in [-0.4, -0.2) is 41.3 Å². The van der Waals surface area contributed by atoms with E-state index in [-0.39, 0.29) is 29.4 Å². The Kier molecular flexibility index (Phi) is 7.41. The maximum atomic E-state index is 11.8. The standard InChI is InChI=1S/C8H9ClIN4O2P.CH4S/c9-7-5(3-12-14(17-10)8(7)16)13-2-1-11-6(15)4-13;1-2/h3,17H,1-2,4H2,(H,11,15);2H,1H3. The van der Waals surface area contributed by atoms with E-state index < -0.39 is 0 Å². The Morgan fingerprint density at radius 1 is 1.53 bits per heavy atom. The first-order valence-corrected chi connectivity index (χ1v) is 10.6. The van der Waals surface area contributed by atoms with Crippen molar-refractivity contribution in [3.63, 3.8) is 0 Å². The quantitative estimate of drug-likeness (QED) is 0.417. The molecule has 1 atom stereocenters. The topological polar surface area (TPSA) is 67.2 Å². The number of anilines is 1. The van der Waals surface area contributed by atoms with Crippen LogP contribution in [0.25, 0.3) is 0 Å². The Bertz CT molecular complexity index is 515. The second kappa shape index (κ2) is 8.28. The van der Waals surface area contributed by atoms with E-state index in [0.717, 1.165) is 0 Å². The second-order valence-electron chi connectivity index (χ2n) is 3.42. The van der Waals surface area contributed by atoms with E-state index in [4.69, 9.17) is 11.6 Å². The fraction of sp³-hybridized carbons (Fsp3) is 0.444. The van der Waals surface area contributed by atoms with Crippen molar-refractivity contribution in [2.45, 2.75) is 0 Å². The van der Waals surface area contributed by atoms with Crippen LogP contribution in [0.2, 0.25) is 5.02 Å². The number of piperazine rings is 1. The molecule has 6 nitrogen and oxygen atoms in total. The van der Waals surface area contributed by atoms with Gasteiger partial charge in [-0.3, -0.25) is 9.59 Å². The molecular formula is C9H13ClIN4O2PS. The van der Waals surface area contributed by atoms with Crippen LogP contribution in [0.4, 0.5) is 5.69 Å². The number of thiol groups is 1. The molecule has 1 aromatic rings. The minimum absolute atomic E-state index is 0.0766. The van der Waals surface area contributed by atoms with E-state index in [0.29, 0.717) is 18.8 Å². The Balaban J connectivity index is 0.000000861. The van der Waals surface area contributed by atoms with Gasteiger partial charge < -0.3 is 10.2 Å². The maximum Gasteiger partial charge on any atom is 0.291 e. The summed E-state index contributed by atoms with van der Waals surface area (Å²) in [6.07, 6.45) is 3.44. The van der Waals surface area contributed by atoms with Gasteiger partial charge >= 0.3 is 0 Å². The summed E-state index contributed by atoms with van der Waals surface area (Å²) in [5.41, 5.74) is 0.209. The van der Waals surface area contributed by atoms with Crippen LogP contribution >= 0.6 is 52.6 Å². The number of rotatable bonds is 2. The normalized spacial score (nSPS) is 15.2. The fourth-order valence-electron chi connectivity index (χ4n) is 1.55. The summed E-state index contributed by atoms with van der Waals surface area (Å²) >= 11 is 11.6. The highest BCUT2D eigenvalue weighted by molar-refractivity contribution is 14.2. The SMILES string of the molecule is CS.O=C1CN(c2cnn(PI)c(=O)c2Cl)CCN1. The molecule has 1 unspecified atom stereocenters. The highest BCUT2D eigenvalue weighted by Gasteiger charge is 2.20. The van der Waals surface area contributed by atoms with E-state index in [1.54, 1.807) is 11.2 Å². The molecule has 1 aliphatic heterocycles. The average molecular weight is 435 g/mol. The van der Waals surface area contributed by atoms with Crippen molar-refractivity contribution in [3.8, 4) is 0 Å². The minimum Gasteiger partial charge on any atom is -0.358 e. The number of nitrogens with zero attached hydrogens (tertiary/aromatic N) is 3. The molecule has 1 aliphatic rings. The summed E-state index contributed by atoms with van der Waals surface area (Å²) < 4.78 is 1.30. The molecule has 1 N–H and O–H groups in total. The lowest BCUT2D eigenvalue weighted by atomic mass is 10.3. The summed E-state index contributed by atoms with van der Waals surface area (Å²) in [5.74, 6) is -0.0766. The number of aromatic nitrogens is 2. The van der Waals surface area contributed by atoms with Crippen LogP contribution in [0.3, 0.4) is 0 Å². The van der Waals surface area contributed by atoms with Crippen LogP contribution in [0.5, 0.6) is 0 Å². The minimum atomic E-state index is -0.317. The lowest BCUT2D eigenvalue weighted by Crippen LogP contribution is -2.48. The van der Waals surface area contributed by atoms with E-state index >= 15 is 0 Å². The van der Waals surface area contributed by atoms with Gasteiger partial charge in [0.25, 0.3) is 5.56 Å². The van der Waals surface area contributed by atoms with E-state index in [2.05, 4.69) is 45.1 Å². The van der Waals surface area contributed by atoms with Crippen molar-refractivity contribution in [1.82, 2.24) is 14.9 Å². The van der Waals surface area contributed by atoms with Gasteiger partial charge in [0.1, 0.15) is 5.02 Å². The van der Waals surface area contributed by atoms with Crippen molar-refractivity contribution in [2.24, 2.45) is 0 Å². The summed E-state index contributed by atoms with van der Waals surface area (Å²) in [6, 6.07) is 0. The number of amides is 1. The molecule has 0 aromatic carbocycles. The monoisotopic (exact) mass is 434 g/mol. The summed E-state index contributed by atoms with van der Waals surface area (Å²) in [7, 11) is 0. The molecular weight excluding hydrogens is 422 g/mol. The number of halogens is 2. The third-order valence-electron chi connectivity index (χ3n) is 2.36. The van der Waals surface area contributed by atoms with Gasteiger partial charge in [-0.1, -0.05) is 11.6 Å². The average Bonchev–Trinajstić information content (AvgIpc) is 2.44. The maximum absolute atomic E-state index is 11.8. The number of carbonyl (C=O) groups excluding carboxylic acids is 1. The predicted octanol–water partition coefficient (Wildman–Crippen LogP) is 1.17. The summed E-state index contributed by atoms with van der Waals surface area (Å²) in [6.45, 7) is 1.38. The number of nitrogens with one attached hydrogen (secondary N) is 1. The van der Waals surface area contributed by atoms with Crippen molar-refractivity contribution in [2.75, 3.05) is 30.8 Å². The number of hydrogen-bond donors (Lipinski definition) is 2. The molecule has 2 heterocycles. The third-order valence-corrected chi connectivity index (χ3v) is 4.56. The Labute approximate surface area is 136 Å². The van der Waals surface area contributed by atoms with Gasteiger partial charge in [0.2, 0.25) is 5.91 Å². The first-order chi connectivity index (χ1) is 9.13. The Hall–Kier alpha value is -0.0500. The Morgan fingerprint density at radius 2 is 2.21 bits per heavy atom. The molecule has 0 saturated carbocycles. The van der Waals surface area contributed by atoms with Gasteiger partial charge in [-0.2, -0.15) is 17.7 Å². The van der Waals surface area contributed by atoms with Crippen LogP contribution in [0.1, 0.15) is 0 Å². The van der Waals surface area contributed by atoms with Crippen molar-refractivity contribution in [1.29, 1.82) is 0 Å². The molecule has 19 heavy (non-hydrogen) atoms. The predicted molar refractivity (Wildman–Crippen MR) is 91.4 cm³/mol. The van der Waals surface area contributed by atoms with Gasteiger partial charge in [0.05, 0.1) is 24.8 Å². The second-order valence-corrected chi connectivity index (χ2v) is 5.83. The molecule has 2 rings (SSSR count). The van der Waals surface area contributed by atoms with Gasteiger partial charge in [-0.15, -0.1) is 0 Å². The first-order valence-electron chi connectivity index (χ1n) is 5.24. The highest BCUT2D eigenvalue weighted by atomic mass is 127. The van der Waals surface area contributed by atoms with Crippen molar-refractivity contribution >= 4 is 64.2 Å². The zero-order chi connectivity index (χ0) is 14.4. The molecule has 0 radical (unpaired) electrons. The number of carbonyl (C=O) groups is 1. The van der Waals surface area contributed by atoms with Crippen LogP contribution in [-0.2, 0) is 4.79 Å². The first kappa shape index (κ1) is 17.0. The molecule has 1 fully saturated rings. The summed E-state index contributed by atoms with van der Waals surface area (Å²) in [5, 5.41) is 6.84.